The number of carbonyl (C=O) groups excluding carboxylic acids is 2. The number of nitriles is 1. The van der Waals surface area contributed by atoms with Crippen molar-refractivity contribution in [3.8, 4) is 6.07 Å². The molecule has 0 aromatic heterocycles. The second-order valence-corrected chi connectivity index (χ2v) is 6.35. The van der Waals surface area contributed by atoms with Crippen LogP contribution < -0.4 is 0 Å². The lowest BCUT2D eigenvalue weighted by atomic mass is 10.1. The van der Waals surface area contributed by atoms with Gasteiger partial charge in [-0.05, 0) is 31.0 Å². The van der Waals surface area contributed by atoms with Crippen LogP contribution in [-0.4, -0.2) is 72.3 Å². The zero-order valence-electron chi connectivity index (χ0n) is 13.8. The lowest BCUT2D eigenvalue weighted by Crippen LogP contribution is -2.51. The van der Waals surface area contributed by atoms with Gasteiger partial charge in [-0.25, -0.2) is 0 Å². The molecule has 1 aromatic rings. The Labute approximate surface area is 142 Å². The Kier molecular flexibility index (Phi) is 5.11. The van der Waals surface area contributed by atoms with Crippen molar-refractivity contribution in [3.63, 3.8) is 0 Å². The highest BCUT2D eigenvalue weighted by atomic mass is 16.2. The van der Waals surface area contributed by atoms with Crippen molar-refractivity contribution in [2.24, 2.45) is 0 Å². The summed E-state index contributed by atoms with van der Waals surface area (Å²) in [5.74, 6) is 0.159. The van der Waals surface area contributed by atoms with Crippen LogP contribution in [0.4, 0.5) is 0 Å². The summed E-state index contributed by atoms with van der Waals surface area (Å²) >= 11 is 0. The second kappa shape index (κ2) is 7.45. The molecule has 2 amide bonds. The molecule has 0 saturated carbocycles. The molecule has 0 unspecified atom stereocenters. The van der Waals surface area contributed by atoms with Gasteiger partial charge in [-0.15, -0.1) is 0 Å². The highest BCUT2D eigenvalue weighted by Crippen LogP contribution is 2.12. The molecule has 2 aliphatic rings. The maximum atomic E-state index is 12.5. The van der Waals surface area contributed by atoms with E-state index < -0.39 is 0 Å². The normalized spacial score (nSPS) is 18.5. The van der Waals surface area contributed by atoms with Crippen molar-refractivity contribution in [1.82, 2.24) is 14.7 Å². The van der Waals surface area contributed by atoms with Crippen molar-refractivity contribution in [2.75, 3.05) is 45.8 Å². The Morgan fingerprint density at radius 3 is 2.38 bits per heavy atom. The van der Waals surface area contributed by atoms with Crippen molar-refractivity contribution >= 4 is 11.8 Å². The van der Waals surface area contributed by atoms with Gasteiger partial charge in [0, 0.05) is 44.8 Å². The molecule has 0 bridgehead atoms. The van der Waals surface area contributed by atoms with Gasteiger partial charge in [0.05, 0.1) is 18.2 Å². The average Bonchev–Trinajstić information content (AvgIpc) is 3.16. The minimum Gasteiger partial charge on any atom is -0.342 e. The number of benzene rings is 1. The first-order chi connectivity index (χ1) is 11.7. The minimum atomic E-state index is -0.0439. The molecule has 2 saturated heterocycles. The Morgan fingerprint density at radius 1 is 1.00 bits per heavy atom. The zero-order chi connectivity index (χ0) is 16.9. The first kappa shape index (κ1) is 16.5. The molecule has 6 heteroatoms. The summed E-state index contributed by atoms with van der Waals surface area (Å²) in [5.41, 5.74) is 1.05. The highest BCUT2D eigenvalue weighted by molar-refractivity contribution is 5.94. The van der Waals surface area contributed by atoms with E-state index >= 15 is 0 Å². The van der Waals surface area contributed by atoms with Gasteiger partial charge < -0.3 is 9.80 Å². The van der Waals surface area contributed by atoms with Crippen molar-refractivity contribution in [3.05, 3.63) is 35.4 Å². The van der Waals surface area contributed by atoms with E-state index in [2.05, 4.69) is 11.0 Å². The van der Waals surface area contributed by atoms with Crippen molar-refractivity contribution in [1.29, 1.82) is 5.26 Å². The van der Waals surface area contributed by atoms with Crippen LogP contribution in [0.15, 0.2) is 24.3 Å². The molecule has 0 aliphatic carbocycles. The van der Waals surface area contributed by atoms with Crippen LogP contribution >= 0.6 is 0 Å². The van der Waals surface area contributed by atoms with Gasteiger partial charge >= 0.3 is 0 Å². The lowest BCUT2D eigenvalue weighted by molar-refractivity contribution is -0.131. The maximum absolute atomic E-state index is 12.5. The van der Waals surface area contributed by atoms with Gasteiger partial charge in [-0.2, -0.15) is 5.26 Å². The number of hydrogen-bond acceptors (Lipinski definition) is 4. The third-order valence-corrected chi connectivity index (χ3v) is 4.72. The van der Waals surface area contributed by atoms with Gasteiger partial charge in [-0.3, -0.25) is 14.5 Å². The SMILES string of the molecule is N#Cc1cccc(C(=O)N2CCN(CC(=O)N3CCCC3)CC2)c1. The van der Waals surface area contributed by atoms with Crippen LogP contribution in [0, 0.1) is 11.3 Å². The molecule has 0 spiro atoms. The standard InChI is InChI=1S/C18H22N4O2/c19-13-15-4-3-5-16(12-15)18(24)22-10-8-20(9-11-22)14-17(23)21-6-1-2-7-21/h3-5,12H,1-2,6-11,14H2. The first-order valence-corrected chi connectivity index (χ1v) is 8.47. The smallest absolute Gasteiger partial charge is 0.253 e. The van der Waals surface area contributed by atoms with Crippen LogP contribution in [0.25, 0.3) is 0 Å². The number of amides is 2. The van der Waals surface area contributed by atoms with Crippen LogP contribution in [0.1, 0.15) is 28.8 Å². The molecule has 0 radical (unpaired) electrons. The fraction of sp³-hybridized carbons (Fsp3) is 0.500. The molecule has 24 heavy (non-hydrogen) atoms. The van der Waals surface area contributed by atoms with E-state index in [0.717, 1.165) is 25.9 Å². The minimum absolute atomic E-state index is 0.0439. The molecule has 2 heterocycles. The molecular weight excluding hydrogens is 304 g/mol. The number of carbonyl (C=O) groups is 2. The third-order valence-electron chi connectivity index (χ3n) is 4.72. The van der Waals surface area contributed by atoms with E-state index in [0.29, 0.717) is 43.9 Å². The summed E-state index contributed by atoms with van der Waals surface area (Å²) in [6.45, 7) is 4.86. The number of likely N-dealkylation sites (tertiary alicyclic amines) is 1. The fourth-order valence-corrected chi connectivity index (χ4v) is 3.27. The summed E-state index contributed by atoms with van der Waals surface area (Å²) in [4.78, 5) is 30.6. The fourth-order valence-electron chi connectivity index (χ4n) is 3.27. The zero-order valence-corrected chi connectivity index (χ0v) is 13.8. The average molecular weight is 326 g/mol. The highest BCUT2D eigenvalue weighted by Gasteiger charge is 2.25. The molecule has 0 atom stereocenters. The monoisotopic (exact) mass is 326 g/mol. The van der Waals surface area contributed by atoms with Crippen LogP contribution in [-0.2, 0) is 4.79 Å². The quantitative estimate of drug-likeness (QED) is 0.829. The topological polar surface area (TPSA) is 67.6 Å². The lowest BCUT2D eigenvalue weighted by Gasteiger charge is -2.35. The molecule has 1 aromatic carbocycles. The van der Waals surface area contributed by atoms with E-state index in [1.165, 1.54) is 0 Å². The number of nitrogens with zero attached hydrogens (tertiary/aromatic N) is 4. The second-order valence-electron chi connectivity index (χ2n) is 6.35. The Morgan fingerprint density at radius 2 is 1.71 bits per heavy atom. The van der Waals surface area contributed by atoms with E-state index in [1.807, 2.05) is 4.90 Å². The predicted molar refractivity (Wildman–Crippen MR) is 89.3 cm³/mol. The van der Waals surface area contributed by atoms with Gasteiger partial charge in [0.2, 0.25) is 5.91 Å². The van der Waals surface area contributed by atoms with E-state index in [9.17, 15) is 9.59 Å². The molecule has 0 N–H and O–H groups in total. The van der Waals surface area contributed by atoms with E-state index in [4.69, 9.17) is 5.26 Å². The van der Waals surface area contributed by atoms with Gasteiger partial charge in [-0.1, -0.05) is 6.07 Å². The van der Waals surface area contributed by atoms with Gasteiger partial charge in [0.1, 0.15) is 0 Å². The van der Waals surface area contributed by atoms with E-state index in [-0.39, 0.29) is 11.8 Å². The van der Waals surface area contributed by atoms with Crippen molar-refractivity contribution < 1.29 is 9.59 Å². The molecular formula is C18H22N4O2. The van der Waals surface area contributed by atoms with Crippen LogP contribution in [0.5, 0.6) is 0 Å². The number of rotatable bonds is 3. The van der Waals surface area contributed by atoms with Gasteiger partial charge in [0.15, 0.2) is 0 Å². The summed E-state index contributed by atoms with van der Waals surface area (Å²) in [5, 5.41) is 8.95. The maximum Gasteiger partial charge on any atom is 0.253 e. The third kappa shape index (κ3) is 3.74. The van der Waals surface area contributed by atoms with E-state index in [1.54, 1.807) is 29.2 Å². The molecule has 126 valence electrons. The Bertz CT molecular complexity index is 653. The first-order valence-electron chi connectivity index (χ1n) is 8.47. The molecule has 2 fully saturated rings. The predicted octanol–water partition coefficient (Wildman–Crippen LogP) is 0.938. The number of piperazine rings is 1. The number of hydrogen-bond donors (Lipinski definition) is 0. The Balaban J connectivity index is 1.52. The molecule has 2 aliphatic heterocycles. The Hall–Kier alpha value is -2.39. The molecule has 6 nitrogen and oxygen atoms in total. The van der Waals surface area contributed by atoms with Gasteiger partial charge in [0.25, 0.3) is 5.91 Å². The summed E-state index contributed by atoms with van der Waals surface area (Å²) in [6, 6.07) is 8.86. The van der Waals surface area contributed by atoms with Crippen LogP contribution in [0.2, 0.25) is 0 Å². The summed E-state index contributed by atoms with van der Waals surface area (Å²) in [6.07, 6.45) is 2.21. The van der Waals surface area contributed by atoms with Crippen LogP contribution in [0.3, 0.4) is 0 Å². The largest absolute Gasteiger partial charge is 0.342 e. The molecule has 3 rings (SSSR count). The summed E-state index contributed by atoms with van der Waals surface area (Å²) in [7, 11) is 0. The summed E-state index contributed by atoms with van der Waals surface area (Å²) < 4.78 is 0. The van der Waals surface area contributed by atoms with Crippen molar-refractivity contribution in [2.45, 2.75) is 12.8 Å².